The Kier molecular flexibility index (Phi) is 12.6. The van der Waals surface area contributed by atoms with Crippen LogP contribution in [-0.4, -0.2) is 103 Å². The van der Waals surface area contributed by atoms with Crippen molar-refractivity contribution in [2.24, 2.45) is 0 Å². The van der Waals surface area contributed by atoms with Gasteiger partial charge in [-0.05, 0) is 34.4 Å². The highest BCUT2D eigenvalue weighted by molar-refractivity contribution is 5.98. The number of aliphatic hydroxyl groups excluding tert-OH is 2. The Balaban J connectivity index is 1.19. The second-order valence-electron chi connectivity index (χ2n) is 12.9. The van der Waals surface area contributed by atoms with Gasteiger partial charge in [-0.2, -0.15) is 0 Å². The van der Waals surface area contributed by atoms with Gasteiger partial charge in [-0.25, -0.2) is 14.4 Å². The molecule has 0 radical (unpaired) electrons. The second kappa shape index (κ2) is 17.9. The molecule has 14 nitrogen and oxygen atoms in total. The van der Waals surface area contributed by atoms with Crippen LogP contribution in [-0.2, 0) is 33.3 Å². The van der Waals surface area contributed by atoms with Crippen LogP contribution in [0.25, 0.3) is 11.1 Å². The number of aliphatic hydroxyl groups is 2. The summed E-state index contributed by atoms with van der Waals surface area (Å²) < 4.78 is 28.3. The minimum Gasteiger partial charge on any atom is -0.456 e. The number of carbonyl (C=O) groups is 5. The summed E-state index contributed by atoms with van der Waals surface area (Å²) in [5, 5.41) is 26.1. The van der Waals surface area contributed by atoms with Crippen molar-refractivity contribution in [1.82, 2.24) is 10.6 Å². The fraction of sp³-hybridized carbons (Fsp3) is 0.293. The number of fused-ring (bicyclic) bond motifs is 3. The Labute approximate surface area is 316 Å². The Hall–Kier alpha value is -5.93. The molecule has 6 atom stereocenters. The minimum atomic E-state index is -1.61. The van der Waals surface area contributed by atoms with Crippen molar-refractivity contribution >= 4 is 29.7 Å². The van der Waals surface area contributed by atoms with Crippen molar-refractivity contribution in [3.63, 3.8) is 0 Å². The van der Waals surface area contributed by atoms with Crippen LogP contribution < -0.4 is 10.6 Å². The molecule has 6 rings (SSSR count). The van der Waals surface area contributed by atoms with Gasteiger partial charge >= 0.3 is 18.0 Å². The van der Waals surface area contributed by atoms with Crippen LogP contribution in [0.2, 0.25) is 0 Å². The third-order valence-electron chi connectivity index (χ3n) is 9.26. The molecule has 2 aliphatic rings. The number of alkyl carbamates (subject to hydrolysis) is 1. The van der Waals surface area contributed by atoms with E-state index in [1.807, 2.05) is 48.5 Å². The summed E-state index contributed by atoms with van der Waals surface area (Å²) in [6, 6.07) is 28.6. The number of benzene rings is 4. The van der Waals surface area contributed by atoms with Gasteiger partial charge in [0.15, 0.2) is 30.8 Å². The van der Waals surface area contributed by atoms with E-state index >= 15 is 0 Å². The third kappa shape index (κ3) is 9.24. The smallest absolute Gasteiger partial charge is 0.407 e. The van der Waals surface area contributed by atoms with Crippen LogP contribution in [0.1, 0.15) is 44.7 Å². The standard InChI is InChI=1S/C41H40N2O12/c1-24(45)42-35-37(55-38(48)26-14-6-3-7-15-26)36(47)34(20-44)54-40(35)52-22-32(39(49)51-23-33(46)25-12-4-2-5-13-25)43-41(50)53-21-31-29-18-10-8-16-27(29)28-17-9-11-19-30(28)31/h2-19,31-32,34-37,40,44,47H,20-23H2,1H3,(H,42,45)(H,43,50)/t32-,34+,35+,36-,37-,40-/m0/s1. The Morgan fingerprint density at radius 3 is 1.96 bits per heavy atom. The average molecular weight is 753 g/mol. The van der Waals surface area contributed by atoms with Crippen LogP contribution in [0.15, 0.2) is 109 Å². The first-order chi connectivity index (χ1) is 26.6. The van der Waals surface area contributed by atoms with Crippen LogP contribution >= 0.6 is 0 Å². The van der Waals surface area contributed by atoms with Crippen LogP contribution in [0.5, 0.6) is 0 Å². The van der Waals surface area contributed by atoms with Gasteiger partial charge in [0.05, 0.1) is 18.8 Å². The number of rotatable bonds is 14. The number of ether oxygens (including phenoxy) is 5. The molecule has 1 aliphatic carbocycles. The highest BCUT2D eigenvalue weighted by atomic mass is 16.7. The number of carbonyl (C=O) groups excluding carboxylic acids is 5. The van der Waals surface area contributed by atoms with E-state index in [0.717, 1.165) is 22.3 Å². The van der Waals surface area contributed by atoms with Gasteiger partial charge in [-0.15, -0.1) is 0 Å². The quantitative estimate of drug-likeness (QED) is 0.0836. The maximum atomic E-state index is 13.5. The molecule has 1 aliphatic heterocycles. The summed E-state index contributed by atoms with van der Waals surface area (Å²) >= 11 is 0. The normalized spacial score (nSPS) is 20.6. The fourth-order valence-corrected chi connectivity index (χ4v) is 6.59. The molecule has 2 amide bonds. The lowest BCUT2D eigenvalue weighted by molar-refractivity contribution is -0.270. The lowest BCUT2D eigenvalue weighted by atomic mass is 9.96. The number of hydrogen-bond acceptors (Lipinski definition) is 12. The highest BCUT2D eigenvalue weighted by Crippen LogP contribution is 2.44. The van der Waals surface area contributed by atoms with E-state index in [9.17, 15) is 34.2 Å². The molecule has 1 saturated heterocycles. The molecule has 0 saturated carbocycles. The zero-order valence-electron chi connectivity index (χ0n) is 29.7. The molecule has 14 heteroatoms. The van der Waals surface area contributed by atoms with Gasteiger partial charge in [0, 0.05) is 18.4 Å². The average Bonchev–Trinajstić information content (AvgIpc) is 3.53. The number of amides is 2. The molecule has 0 aromatic heterocycles. The van der Waals surface area contributed by atoms with Gasteiger partial charge in [0.1, 0.15) is 24.9 Å². The number of hydrogen-bond donors (Lipinski definition) is 4. The van der Waals surface area contributed by atoms with Crippen molar-refractivity contribution in [2.75, 3.05) is 26.4 Å². The zero-order valence-corrected chi connectivity index (χ0v) is 29.7. The largest absolute Gasteiger partial charge is 0.456 e. The first kappa shape index (κ1) is 38.8. The Morgan fingerprint density at radius 1 is 0.782 bits per heavy atom. The van der Waals surface area contributed by atoms with Gasteiger partial charge in [-0.3, -0.25) is 9.59 Å². The van der Waals surface area contributed by atoms with Crippen molar-refractivity contribution in [3.05, 3.63) is 131 Å². The minimum absolute atomic E-state index is 0.0736. The molecule has 286 valence electrons. The molecule has 0 unspecified atom stereocenters. The van der Waals surface area contributed by atoms with Crippen molar-refractivity contribution in [3.8, 4) is 11.1 Å². The summed E-state index contributed by atoms with van der Waals surface area (Å²) in [5.41, 5.74) is 4.43. The molecule has 1 fully saturated rings. The summed E-state index contributed by atoms with van der Waals surface area (Å²) in [6.45, 7) is -0.957. The number of nitrogens with one attached hydrogen (secondary N) is 2. The van der Waals surface area contributed by atoms with E-state index in [1.165, 1.54) is 19.1 Å². The van der Waals surface area contributed by atoms with E-state index in [0.29, 0.717) is 5.56 Å². The molecule has 0 spiro atoms. The molecule has 4 aromatic rings. The van der Waals surface area contributed by atoms with Gasteiger partial charge in [-0.1, -0.05) is 97.1 Å². The van der Waals surface area contributed by atoms with Crippen molar-refractivity contribution in [2.45, 2.75) is 49.5 Å². The maximum absolute atomic E-state index is 13.5. The van der Waals surface area contributed by atoms with Crippen LogP contribution in [0.3, 0.4) is 0 Å². The second-order valence-corrected chi connectivity index (χ2v) is 12.9. The summed E-state index contributed by atoms with van der Waals surface area (Å²) in [6.07, 6.45) is -6.99. The fourth-order valence-electron chi connectivity index (χ4n) is 6.59. The van der Waals surface area contributed by atoms with Crippen LogP contribution in [0.4, 0.5) is 4.79 Å². The molecule has 55 heavy (non-hydrogen) atoms. The van der Waals surface area contributed by atoms with Crippen molar-refractivity contribution in [1.29, 1.82) is 0 Å². The monoisotopic (exact) mass is 752 g/mol. The van der Waals surface area contributed by atoms with Gasteiger partial charge in [0.25, 0.3) is 0 Å². The number of ketones is 1. The number of esters is 2. The lowest BCUT2D eigenvalue weighted by Gasteiger charge is -2.43. The first-order valence-electron chi connectivity index (χ1n) is 17.6. The first-order valence-corrected chi connectivity index (χ1v) is 17.6. The van der Waals surface area contributed by atoms with E-state index in [1.54, 1.807) is 48.5 Å². The van der Waals surface area contributed by atoms with Gasteiger partial charge < -0.3 is 44.5 Å². The highest BCUT2D eigenvalue weighted by Gasteiger charge is 2.49. The summed E-state index contributed by atoms with van der Waals surface area (Å²) in [7, 11) is 0. The van der Waals surface area contributed by atoms with Crippen molar-refractivity contribution < 1.29 is 57.9 Å². The summed E-state index contributed by atoms with van der Waals surface area (Å²) in [5.74, 6) is -3.28. The molecular formula is C41H40N2O12. The molecular weight excluding hydrogens is 712 g/mol. The van der Waals surface area contributed by atoms with E-state index < -0.39 is 86.2 Å². The van der Waals surface area contributed by atoms with E-state index in [2.05, 4.69) is 10.6 Å². The maximum Gasteiger partial charge on any atom is 0.407 e. The number of Topliss-reactive ketones (excluding diaryl/α,β-unsaturated/α-hetero) is 1. The topological polar surface area (TPSA) is 196 Å². The third-order valence-corrected chi connectivity index (χ3v) is 9.26. The predicted molar refractivity (Wildman–Crippen MR) is 195 cm³/mol. The Bertz CT molecular complexity index is 1950. The predicted octanol–water partition coefficient (Wildman–Crippen LogP) is 3.14. The Morgan fingerprint density at radius 2 is 1.36 bits per heavy atom. The summed E-state index contributed by atoms with van der Waals surface area (Å²) in [4.78, 5) is 65.0. The molecule has 4 N–H and O–H groups in total. The lowest BCUT2D eigenvalue weighted by Crippen LogP contribution is -2.66. The van der Waals surface area contributed by atoms with Crippen LogP contribution in [0, 0.1) is 0 Å². The molecule has 1 heterocycles. The SMILES string of the molecule is CC(=O)N[C@H]1[C@@H](OC[C@H](NC(=O)OCC2c3ccccc3-c3ccccc32)C(=O)OCC(=O)c2ccccc2)O[C@H](CO)[C@H](O)[C@H]1OC(=O)c1ccccc1. The molecule has 4 aromatic carbocycles. The van der Waals surface area contributed by atoms with E-state index in [4.69, 9.17) is 23.7 Å². The van der Waals surface area contributed by atoms with Gasteiger partial charge in [0.2, 0.25) is 5.91 Å². The molecule has 0 bridgehead atoms. The zero-order chi connectivity index (χ0) is 38.9. The van der Waals surface area contributed by atoms with E-state index in [-0.39, 0.29) is 18.1 Å².